The molecule has 1 unspecified atom stereocenters. The highest BCUT2D eigenvalue weighted by Crippen LogP contribution is 2.17. The van der Waals surface area contributed by atoms with E-state index in [9.17, 15) is 0 Å². The first-order chi connectivity index (χ1) is 12.6. The minimum absolute atomic E-state index is 0.0784. The smallest absolute Gasteiger partial charge is 0.171 e. The molecule has 3 rings (SSSR count). The van der Waals surface area contributed by atoms with Gasteiger partial charge in [0.05, 0.1) is 30.7 Å². The fourth-order valence-corrected chi connectivity index (χ4v) is 3.23. The summed E-state index contributed by atoms with van der Waals surface area (Å²) >= 11 is 5.44. The van der Waals surface area contributed by atoms with Gasteiger partial charge >= 0.3 is 0 Å². The summed E-state index contributed by atoms with van der Waals surface area (Å²) in [7, 11) is 0. The second-order valence-corrected chi connectivity index (χ2v) is 6.64. The number of nitrogens with one attached hydrogen (secondary N) is 2. The summed E-state index contributed by atoms with van der Waals surface area (Å²) in [5, 5.41) is 15.9. The predicted molar refractivity (Wildman–Crippen MR) is 108 cm³/mol. The maximum Gasteiger partial charge on any atom is 0.171 e. The summed E-state index contributed by atoms with van der Waals surface area (Å²) < 4.78 is 3.87. The van der Waals surface area contributed by atoms with Crippen molar-refractivity contribution in [3.63, 3.8) is 0 Å². The van der Waals surface area contributed by atoms with E-state index in [0.717, 1.165) is 30.0 Å². The fourth-order valence-electron chi connectivity index (χ4n) is 2.93. The second kappa shape index (κ2) is 8.14. The van der Waals surface area contributed by atoms with Crippen molar-refractivity contribution in [2.45, 2.75) is 39.9 Å². The molecule has 0 aliphatic rings. The van der Waals surface area contributed by atoms with Gasteiger partial charge in [-0.3, -0.25) is 9.36 Å². The van der Waals surface area contributed by atoms with Crippen molar-refractivity contribution in [3.8, 4) is 0 Å². The number of anilines is 1. The molecule has 0 amide bonds. The largest absolute Gasteiger partial charge is 0.356 e. The second-order valence-electron chi connectivity index (χ2n) is 6.23. The molecule has 2 heterocycles. The topological polar surface area (TPSA) is 59.7 Å². The lowest BCUT2D eigenvalue weighted by molar-refractivity contribution is 0.633. The van der Waals surface area contributed by atoms with E-state index in [2.05, 4.69) is 53.7 Å². The van der Waals surface area contributed by atoms with Gasteiger partial charge in [-0.1, -0.05) is 30.3 Å². The Labute approximate surface area is 159 Å². The zero-order chi connectivity index (χ0) is 18.5. The van der Waals surface area contributed by atoms with Crippen molar-refractivity contribution < 1.29 is 0 Å². The average Bonchev–Trinajstić information content (AvgIpc) is 3.21. The first-order valence-electron chi connectivity index (χ1n) is 8.73. The molecule has 2 N–H and O–H groups in total. The van der Waals surface area contributed by atoms with E-state index in [-0.39, 0.29) is 6.04 Å². The zero-order valence-electron chi connectivity index (χ0n) is 15.3. The van der Waals surface area contributed by atoms with Gasteiger partial charge in [0.1, 0.15) is 0 Å². The molecule has 0 aliphatic carbocycles. The van der Waals surface area contributed by atoms with Gasteiger partial charge in [0.25, 0.3) is 0 Å². The molecule has 3 aromatic rings. The van der Waals surface area contributed by atoms with Crippen LogP contribution in [0.4, 0.5) is 5.69 Å². The molecule has 2 aromatic heterocycles. The molecule has 0 radical (unpaired) electrons. The summed E-state index contributed by atoms with van der Waals surface area (Å²) in [6.45, 7) is 7.84. The van der Waals surface area contributed by atoms with Crippen LogP contribution >= 0.6 is 12.2 Å². The summed E-state index contributed by atoms with van der Waals surface area (Å²) in [5.74, 6) is 0. The Kier molecular flexibility index (Phi) is 5.68. The van der Waals surface area contributed by atoms with Crippen LogP contribution in [0.15, 0.2) is 48.9 Å². The van der Waals surface area contributed by atoms with Crippen LogP contribution in [0.3, 0.4) is 0 Å². The lowest BCUT2D eigenvalue weighted by Gasteiger charge is -2.16. The number of aryl methyl sites for hydroxylation is 1. The van der Waals surface area contributed by atoms with Crippen LogP contribution in [0.25, 0.3) is 0 Å². The minimum Gasteiger partial charge on any atom is -0.356 e. The Bertz CT molecular complexity index is 867. The van der Waals surface area contributed by atoms with Crippen molar-refractivity contribution in [1.29, 1.82) is 0 Å². The Morgan fingerprint density at radius 2 is 1.96 bits per heavy atom. The standard InChI is InChI=1S/C19H24N6S/c1-4-25-15(3)18(11-21-25)14(2)22-19(26)23-17-10-20-24(13-17)12-16-8-6-5-7-9-16/h5-11,13-14H,4,12H2,1-3H3,(H2,22,23,26). The van der Waals surface area contributed by atoms with Gasteiger partial charge < -0.3 is 10.6 Å². The van der Waals surface area contributed by atoms with Crippen LogP contribution < -0.4 is 10.6 Å². The first-order valence-corrected chi connectivity index (χ1v) is 9.14. The van der Waals surface area contributed by atoms with Crippen LogP contribution in [0.2, 0.25) is 0 Å². The Balaban J connectivity index is 1.57. The SMILES string of the molecule is CCn1ncc(C(C)NC(=S)Nc2cnn(Cc3ccccc3)c2)c1C. The predicted octanol–water partition coefficient (Wildman–Crippen LogP) is 3.50. The van der Waals surface area contributed by atoms with E-state index in [1.54, 1.807) is 6.20 Å². The van der Waals surface area contributed by atoms with Crippen molar-refractivity contribution >= 4 is 23.0 Å². The van der Waals surface area contributed by atoms with E-state index in [1.165, 1.54) is 5.56 Å². The van der Waals surface area contributed by atoms with E-state index >= 15 is 0 Å². The van der Waals surface area contributed by atoms with Gasteiger partial charge in [0.2, 0.25) is 0 Å². The summed E-state index contributed by atoms with van der Waals surface area (Å²) in [6.07, 6.45) is 5.63. The van der Waals surface area contributed by atoms with Gasteiger partial charge in [-0.25, -0.2) is 0 Å². The number of nitrogens with zero attached hydrogens (tertiary/aromatic N) is 4. The molecule has 0 fully saturated rings. The summed E-state index contributed by atoms with van der Waals surface area (Å²) in [6, 6.07) is 10.3. The first kappa shape index (κ1) is 18.1. The molecular weight excluding hydrogens is 344 g/mol. The Morgan fingerprint density at radius 1 is 1.19 bits per heavy atom. The minimum atomic E-state index is 0.0784. The van der Waals surface area contributed by atoms with Crippen molar-refractivity contribution in [2.75, 3.05) is 5.32 Å². The maximum absolute atomic E-state index is 5.44. The van der Waals surface area contributed by atoms with Crippen LogP contribution in [0, 0.1) is 6.92 Å². The maximum atomic E-state index is 5.44. The van der Waals surface area contributed by atoms with E-state index < -0.39 is 0 Å². The molecule has 7 heteroatoms. The fraction of sp³-hybridized carbons (Fsp3) is 0.316. The van der Waals surface area contributed by atoms with Gasteiger partial charge in [0.15, 0.2) is 5.11 Å². The molecular formula is C19H24N6S. The van der Waals surface area contributed by atoms with Crippen LogP contribution in [0.1, 0.15) is 36.7 Å². The number of aromatic nitrogens is 4. The number of thiocarbonyl (C=S) groups is 1. The third-order valence-electron chi connectivity index (χ3n) is 4.33. The van der Waals surface area contributed by atoms with Gasteiger partial charge in [-0.15, -0.1) is 0 Å². The average molecular weight is 369 g/mol. The summed E-state index contributed by atoms with van der Waals surface area (Å²) in [4.78, 5) is 0. The van der Waals surface area contributed by atoms with Crippen molar-refractivity contribution in [2.24, 2.45) is 0 Å². The third kappa shape index (κ3) is 4.29. The molecule has 26 heavy (non-hydrogen) atoms. The lowest BCUT2D eigenvalue weighted by atomic mass is 10.1. The van der Waals surface area contributed by atoms with Gasteiger partial charge in [-0.05, 0) is 38.6 Å². The molecule has 0 aliphatic heterocycles. The Hall–Kier alpha value is -2.67. The normalized spacial score (nSPS) is 12.0. The molecule has 0 spiro atoms. The number of hydrogen-bond donors (Lipinski definition) is 2. The molecule has 0 saturated carbocycles. The highest BCUT2D eigenvalue weighted by molar-refractivity contribution is 7.80. The van der Waals surface area contributed by atoms with Gasteiger partial charge in [-0.2, -0.15) is 10.2 Å². The van der Waals surface area contributed by atoms with Crippen LogP contribution in [-0.4, -0.2) is 24.7 Å². The molecule has 0 saturated heterocycles. The van der Waals surface area contributed by atoms with Crippen LogP contribution in [0.5, 0.6) is 0 Å². The Morgan fingerprint density at radius 3 is 2.65 bits per heavy atom. The van der Waals surface area contributed by atoms with Crippen molar-refractivity contribution in [3.05, 3.63) is 65.7 Å². The molecule has 1 aromatic carbocycles. The lowest BCUT2D eigenvalue weighted by Crippen LogP contribution is -2.31. The zero-order valence-corrected chi connectivity index (χ0v) is 16.1. The van der Waals surface area contributed by atoms with Crippen LogP contribution in [-0.2, 0) is 13.1 Å². The highest BCUT2D eigenvalue weighted by Gasteiger charge is 2.14. The number of benzene rings is 1. The molecule has 6 nitrogen and oxygen atoms in total. The van der Waals surface area contributed by atoms with E-state index in [4.69, 9.17) is 12.2 Å². The van der Waals surface area contributed by atoms with E-state index in [0.29, 0.717) is 5.11 Å². The van der Waals surface area contributed by atoms with Gasteiger partial charge in [0, 0.05) is 24.0 Å². The van der Waals surface area contributed by atoms with Crippen molar-refractivity contribution in [1.82, 2.24) is 24.9 Å². The molecule has 0 bridgehead atoms. The third-order valence-corrected chi connectivity index (χ3v) is 4.55. The monoisotopic (exact) mass is 368 g/mol. The number of rotatable bonds is 6. The quantitative estimate of drug-likeness (QED) is 0.652. The highest BCUT2D eigenvalue weighted by atomic mass is 32.1. The molecule has 1 atom stereocenters. The van der Waals surface area contributed by atoms with E-state index in [1.807, 2.05) is 40.0 Å². The number of hydrogen-bond acceptors (Lipinski definition) is 3. The molecule has 136 valence electrons. The summed E-state index contributed by atoms with van der Waals surface area (Å²) in [5.41, 5.74) is 4.38.